The van der Waals surface area contributed by atoms with Gasteiger partial charge in [0.1, 0.15) is 11.5 Å². The van der Waals surface area contributed by atoms with Crippen LogP contribution in [0.4, 0.5) is 11.7 Å². The van der Waals surface area contributed by atoms with Gasteiger partial charge in [-0.2, -0.15) is 0 Å². The lowest BCUT2D eigenvalue weighted by atomic mass is 10.1. The van der Waals surface area contributed by atoms with Gasteiger partial charge in [0.15, 0.2) is 0 Å². The Morgan fingerprint density at radius 1 is 0.830 bits per heavy atom. The number of hydrogen-bond acceptors (Lipinski definition) is 8. The number of nitrogens with zero attached hydrogens (tertiary/aromatic N) is 5. The molecule has 53 heavy (non-hydrogen) atoms. The van der Waals surface area contributed by atoms with Crippen molar-refractivity contribution in [2.24, 2.45) is 0 Å². The molecule has 0 spiro atoms. The lowest BCUT2D eigenvalue weighted by Crippen LogP contribution is -2.49. The fraction of sp³-hybridized carbons (Fsp3) is 0.357. The first-order chi connectivity index (χ1) is 25.7. The topological polar surface area (TPSA) is 123 Å². The minimum atomic E-state index is -0.330. The molecule has 1 aliphatic rings. The van der Waals surface area contributed by atoms with Gasteiger partial charge < -0.3 is 23.6 Å². The molecular weight excluding hydrogens is 668 g/mol. The normalized spacial score (nSPS) is 12.5. The van der Waals surface area contributed by atoms with E-state index in [2.05, 4.69) is 44.0 Å². The first-order valence-corrected chi connectivity index (χ1v) is 18.4. The fourth-order valence-corrected chi connectivity index (χ4v) is 6.14. The van der Waals surface area contributed by atoms with Gasteiger partial charge in [-0.05, 0) is 57.9 Å². The molecule has 4 heterocycles. The Bertz CT molecular complexity index is 1940. The van der Waals surface area contributed by atoms with Crippen LogP contribution in [0.5, 0.6) is 0 Å². The number of aryl methyl sites for hydroxylation is 2. The van der Waals surface area contributed by atoms with Crippen LogP contribution >= 0.6 is 0 Å². The van der Waals surface area contributed by atoms with Crippen molar-refractivity contribution in [2.75, 3.05) is 43.0 Å². The number of amides is 2. The van der Waals surface area contributed by atoms with Gasteiger partial charge in [-0.25, -0.2) is 9.78 Å². The summed E-state index contributed by atoms with van der Waals surface area (Å²) in [5.41, 5.74) is 7.38. The van der Waals surface area contributed by atoms with Crippen molar-refractivity contribution in [3.63, 3.8) is 0 Å². The number of hydrogen-bond donors (Lipinski definition) is 1. The lowest BCUT2D eigenvalue weighted by molar-refractivity contribution is -0.131. The van der Waals surface area contributed by atoms with Crippen molar-refractivity contribution in [3.8, 4) is 22.5 Å². The number of piperazine rings is 1. The molecule has 5 aromatic rings. The first kappa shape index (κ1) is 38.5. The van der Waals surface area contributed by atoms with E-state index in [0.29, 0.717) is 50.5 Å². The molecule has 0 unspecified atom stereocenters. The van der Waals surface area contributed by atoms with Crippen LogP contribution < -0.4 is 10.2 Å². The number of benzene rings is 2. The van der Waals surface area contributed by atoms with Gasteiger partial charge >= 0.3 is 5.97 Å². The molecule has 278 valence electrons. The maximum atomic E-state index is 13.0. The van der Waals surface area contributed by atoms with E-state index in [-0.39, 0.29) is 17.8 Å². The van der Waals surface area contributed by atoms with Crippen molar-refractivity contribution < 1.29 is 23.6 Å². The van der Waals surface area contributed by atoms with E-state index in [1.54, 1.807) is 19.2 Å². The van der Waals surface area contributed by atoms with E-state index < -0.39 is 0 Å². The lowest BCUT2D eigenvalue weighted by Gasteiger charge is -2.35. The average Bonchev–Trinajstić information content (AvgIpc) is 3.78. The standard InChI is InChI=1S/C27H32N4O3.C15H18N2O2/c1-4-34-27(33)23-19-24(22-10-8-20(2)9-11-22)31(21(23)3)14-12-26(32)30-17-15-29(16-18-30)25-7-5-6-13-28-25;1-3-4-5-14(18)16-15-10-13(17-19-15)12-8-6-11(2)7-9-12/h5-11,13,19H,4,12,14-18H2,1-3H3;6-10H,3-5H2,1-2H3,(H,16,18). The Labute approximate surface area is 312 Å². The van der Waals surface area contributed by atoms with Gasteiger partial charge in [-0.15, -0.1) is 0 Å². The number of anilines is 2. The van der Waals surface area contributed by atoms with Gasteiger partial charge in [0, 0.05) is 74.8 Å². The summed E-state index contributed by atoms with van der Waals surface area (Å²) >= 11 is 0. The molecule has 2 amide bonds. The molecule has 11 nitrogen and oxygen atoms in total. The Morgan fingerprint density at radius 2 is 1.51 bits per heavy atom. The second-order valence-corrected chi connectivity index (χ2v) is 13.2. The third-order valence-electron chi connectivity index (χ3n) is 9.24. The van der Waals surface area contributed by atoms with Crippen LogP contribution in [0.15, 0.2) is 89.6 Å². The molecule has 0 radical (unpaired) electrons. The number of esters is 1. The largest absolute Gasteiger partial charge is 0.462 e. The summed E-state index contributed by atoms with van der Waals surface area (Å²) in [6.07, 6.45) is 4.56. The Hall–Kier alpha value is -5.71. The molecule has 1 fully saturated rings. The molecule has 1 N–H and O–H groups in total. The minimum absolute atomic E-state index is 0.0338. The van der Waals surface area contributed by atoms with Crippen LogP contribution in [0.1, 0.15) is 66.7 Å². The number of carbonyl (C=O) groups is 3. The van der Waals surface area contributed by atoms with E-state index >= 15 is 0 Å². The smallest absolute Gasteiger partial charge is 0.339 e. The number of nitrogens with one attached hydrogen (secondary N) is 1. The van der Waals surface area contributed by atoms with E-state index in [1.807, 2.05) is 86.3 Å². The van der Waals surface area contributed by atoms with Crippen LogP contribution in [0.2, 0.25) is 0 Å². The number of aromatic nitrogens is 3. The maximum absolute atomic E-state index is 13.0. The first-order valence-electron chi connectivity index (χ1n) is 18.4. The van der Waals surface area contributed by atoms with Crippen molar-refractivity contribution in [2.45, 2.75) is 66.8 Å². The van der Waals surface area contributed by atoms with Crippen molar-refractivity contribution in [3.05, 3.63) is 107 Å². The maximum Gasteiger partial charge on any atom is 0.339 e. The highest BCUT2D eigenvalue weighted by Gasteiger charge is 2.24. The molecule has 0 saturated carbocycles. The highest BCUT2D eigenvalue weighted by molar-refractivity contribution is 5.93. The van der Waals surface area contributed by atoms with Crippen LogP contribution in [0.3, 0.4) is 0 Å². The number of ether oxygens (including phenoxy) is 1. The Kier molecular flexibility index (Phi) is 13.6. The summed E-state index contributed by atoms with van der Waals surface area (Å²) in [5, 5.41) is 6.67. The van der Waals surface area contributed by atoms with Crippen LogP contribution in [0, 0.1) is 20.8 Å². The number of pyridine rings is 1. The number of unbranched alkanes of at least 4 members (excludes halogenated alkanes) is 1. The second-order valence-electron chi connectivity index (χ2n) is 13.2. The summed E-state index contributed by atoms with van der Waals surface area (Å²) in [4.78, 5) is 45.7. The van der Waals surface area contributed by atoms with E-state index in [1.165, 1.54) is 11.1 Å². The quantitative estimate of drug-likeness (QED) is 0.129. The molecule has 0 aliphatic carbocycles. The fourth-order valence-electron chi connectivity index (χ4n) is 6.14. The molecule has 3 aromatic heterocycles. The van der Waals surface area contributed by atoms with Crippen LogP contribution in [0.25, 0.3) is 22.5 Å². The van der Waals surface area contributed by atoms with Gasteiger partial charge in [0.05, 0.1) is 12.2 Å². The van der Waals surface area contributed by atoms with E-state index in [0.717, 1.165) is 60.0 Å². The molecular formula is C42H50N6O5. The monoisotopic (exact) mass is 718 g/mol. The Morgan fingerprint density at radius 3 is 2.13 bits per heavy atom. The SMILES string of the molecule is CCCCC(=O)Nc1cc(-c2ccc(C)cc2)no1.CCOC(=O)c1cc(-c2ccc(C)cc2)n(CCC(=O)N2CCN(c3ccccn3)CC2)c1C. The van der Waals surface area contributed by atoms with Crippen LogP contribution in [-0.2, 0) is 20.9 Å². The highest BCUT2D eigenvalue weighted by Crippen LogP contribution is 2.28. The third kappa shape index (κ3) is 10.4. The molecule has 1 aliphatic heterocycles. The zero-order valence-electron chi connectivity index (χ0n) is 31.4. The summed E-state index contributed by atoms with van der Waals surface area (Å²) < 4.78 is 12.4. The summed E-state index contributed by atoms with van der Waals surface area (Å²) in [6.45, 7) is 13.6. The van der Waals surface area contributed by atoms with Crippen molar-refractivity contribution in [1.29, 1.82) is 0 Å². The third-order valence-corrected chi connectivity index (χ3v) is 9.24. The zero-order valence-corrected chi connectivity index (χ0v) is 31.4. The predicted molar refractivity (Wildman–Crippen MR) is 208 cm³/mol. The van der Waals surface area contributed by atoms with Crippen LogP contribution in [-0.4, -0.2) is 70.2 Å². The zero-order chi connectivity index (χ0) is 37.7. The van der Waals surface area contributed by atoms with Crippen molar-refractivity contribution in [1.82, 2.24) is 19.6 Å². The van der Waals surface area contributed by atoms with Gasteiger partial charge in [0.2, 0.25) is 17.7 Å². The number of carbonyl (C=O) groups excluding carboxylic acids is 3. The predicted octanol–water partition coefficient (Wildman–Crippen LogP) is 7.86. The van der Waals surface area contributed by atoms with Gasteiger partial charge in [0.25, 0.3) is 0 Å². The van der Waals surface area contributed by atoms with E-state index in [4.69, 9.17) is 9.26 Å². The summed E-state index contributed by atoms with van der Waals surface area (Å²) in [7, 11) is 0. The second kappa shape index (κ2) is 18.7. The molecule has 0 atom stereocenters. The average molecular weight is 719 g/mol. The minimum Gasteiger partial charge on any atom is -0.462 e. The van der Waals surface area contributed by atoms with Crippen molar-refractivity contribution >= 4 is 29.5 Å². The molecule has 6 rings (SSSR count). The molecule has 1 saturated heterocycles. The number of rotatable bonds is 12. The molecule has 0 bridgehead atoms. The molecule has 2 aromatic carbocycles. The van der Waals surface area contributed by atoms with Gasteiger partial charge in [-0.1, -0.05) is 84.2 Å². The van der Waals surface area contributed by atoms with E-state index in [9.17, 15) is 14.4 Å². The Balaban J connectivity index is 0.000000241. The summed E-state index contributed by atoms with van der Waals surface area (Å²) in [6, 6.07) is 25.7. The summed E-state index contributed by atoms with van der Waals surface area (Å²) in [5.74, 6) is 1.11. The molecule has 11 heteroatoms. The highest BCUT2D eigenvalue weighted by atomic mass is 16.5. The van der Waals surface area contributed by atoms with Gasteiger partial charge in [-0.3, -0.25) is 14.9 Å².